The monoisotopic (exact) mass is 360 g/mol. The number of nitriles is 1. The van der Waals surface area contributed by atoms with E-state index in [0.29, 0.717) is 5.52 Å². The summed E-state index contributed by atoms with van der Waals surface area (Å²) in [6, 6.07) is 8.15. The molecular formula is C16H13ClN4O4. The number of allylic oxidation sites excluding steroid dienone is 1. The zero-order valence-corrected chi connectivity index (χ0v) is 13.9. The van der Waals surface area contributed by atoms with Crippen molar-refractivity contribution in [1.82, 2.24) is 4.40 Å². The maximum absolute atomic E-state index is 12.4. The average Bonchev–Trinajstić information content (AvgIpc) is 2.63. The number of fused-ring (bicyclic) bond motifs is 1. The van der Waals surface area contributed by atoms with Crippen LogP contribution < -0.4 is 5.56 Å². The van der Waals surface area contributed by atoms with Crippen LogP contribution in [0.5, 0.6) is 0 Å². The largest absolute Gasteiger partial charge is 0.508 e. The lowest BCUT2D eigenvalue weighted by Crippen LogP contribution is -2.14. The summed E-state index contributed by atoms with van der Waals surface area (Å²) >= 11 is 5.50. The predicted octanol–water partition coefficient (Wildman–Crippen LogP) is 2.83. The van der Waals surface area contributed by atoms with Crippen LogP contribution in [0.25, 0.3) is 5.52 Å². The van der Waals surface area contributed by atoms with E-state index in [-0.39, 0.29) is 23.7 Å². The van der Waals surface area contributed by atoms with Crippen molar-refractivity contribution in [2.24, 2.45) is 10.2 Å². The minimum absolute atomic E-state index is 0.0602. The number of carbonyl (C=O) groups excluding carboxylic acids is 1. The first-order valence-corrected chi connectivity index (χ1v) is 7.68. The highest BCUT2D eigenvalue weighted by Gasteiger charge is 2.17. The van der Waals surface area contributed by atoms with Crippen molar-refractivity contribution in [2.75, 3.05) is 12.5 Å². The molecule has 8 nitrogen and oxygen atoms in total. The summed E-state index contributed by atoms with van der Waals surface area (Å²) in [5, 5.41) is 26.2. The van der Waals surface area contributed by atoms with E-state index in [4.69, 9.17) is 16.3 Å². The number of azo groups is 1. The summed E-state index contributed by atoms with van der Waals surface area (Å²) in [4.78, 5) is 24.2. The Morgan fingerprint density at radius 2 is 2.24 bits per heavy atom. The van der Waals surface area contributed by atoms with Crippen LogP contribution in [-0.4, -0.2) is 28.0 Å². The molecule has 9 heteroatoms. The number of aliphatic hydroxyl groups is 1. The van der Waals surface area contributed by atoms with Crippen LogP contribution in [0, 0.1) is 11.3 Å². The zero-order valence-electron chi connectivity index (χ0n) is 13.1. The van der Waals surface area contributed by atoms with Crippen molar-refractivity contribution in [3.63, 3.8) is 0 Å². The molecule has 0 aliphatic carbocycles. The standard InChI is InChI=1S/C16H13ClN4O4/c1-2-25-16(24)14(13(22)8-17)20-19-11-7-10(9-18)12-5-3-4-6-21(12)15(11)23/h3-7,22H,2,8H2,1H3/b14-13-,20-19?. The van der Waals surface area contributed by atoms with Crippen LogP contribution in [0.15, 0.2) is 56.9 Å². The van der Waals surface area contributed by atoms with Gasteiger partial charge in [-0.1, -0.05) is 6.07 Å². The Labute approximate surface area is 147 Å². The number of alkyl halides is 1. The van der Waals surface area contributed by atoms with Crippen molar-refractivity contribution < 1.29 is 14.6 Å². The number of pyridine rings is 2. The number of rotatable bonds is 5. The fourth-order valence-electron chi connectivity index (χ4n) is 1.98. The van der Waals surface area contributed by atoms with Crippen molar-refractivity contribution >= 4 is 28.8 Å². The molecule has 0 aliphatic heterocycles. The fourth-order valence-corrected chi connectivity index (χ4v) is 2.11. The van der Waals surface area contributed by atoms with Gasteiger partial charge in [-0.05, 0) is 25.1 Å². The molecule has 128 valence electrons. The SMILES string of the molecule is CCOC(=O)/C(N=Nc1cc(C#N)c2ccccn2c1=O)=C(/O)CCl. The van der Waals surface area contributed by atoms with Crippen LogP contribution in [0.2, 0.25) is 0 Å². The number of hydrogen-bond donors (Lipinski definition) is 1. The van der Waals surface area contributed by atoms with Crippen LogP contribution in [0.1, 0.15) is 12.5 Å². The maximum atomic E-state index is 12.4. The van der Waals surface area contributed by atoms with E-state index in [1.165, 1.54) is 16.7 Å². The molecule has 2 aromatic heterocycles. The van der Waals surface area contributed by atoms with Crippen LogP contribution in [-0.2, 0) is 9.53 Å². The molecule has 0 spiro atoms. The second-order valence-electron chi connectivity index (χ2n) is 4.67. The van der Waals surface area contributed by atoms with E-state index in [9.17, 15) is 20.0 Å². The van der Waals surface area contributed by atoms with Gasteiger partial charge >= 0.3 is 5.97 Å². The molecule has 0 aliphatic rings. The molecule has 0 atom stereocenters. The molecule has 0 saturated carbocycles. The lowest BCUT2D eigenvalue weighted by atomic mass is 10.2. The second-order valence-corrected chi connectivity index (χ2v) is 4.93. The molecule has 25 heavy (non-hydrogen) atoms. The summed E-state index contributed by atoms with van der Waals surface area (Å²) in [5.74, 6) is -1.84. The van der Waals surface area contributed by atoms with E-state index in [1.54, 1.807) is 25.1 Å². The lowest BCUT2D eigenvalue weighted by Gasteiger charge is -2.04. The van der Waals surface area contributed by atoms with Gasteiger partial charge in [-0.2, -0.15) is 5.26 Å². The Bertz CT molecular complexity index is 972. The highest BCUT2D eigenvalue weighted by molar-refractivity contribution is 6.19. The molecule has 2 aromatic rings. The third-order valence-corrected chi connectivity index (χ3v) is 3.35. The normalized spacial score (nSPS) is 12.0. The van der Waals surface area contributed by atoms with Crippen LogP contribution in [0.3, 0.4) is 0 Å². The van der Waals surface area contributed by atoms with E-state index >= 15 is 0 Å². The van der Waals surface area contributed by atoms with E-state index in [2.05, 4.69) is 10.2 Å². The molecule has 0 aromatic carbocycles. The van der Waals surface area contributed by atoms with E-state index in [0.717, 1.165) is 0 Å². The van der Waals surface area contributed by atoms with Gasteiger partial charge in [-0.25, -0.2) is 4.79 Å². The number of carbonyl (C=O) groups is 1. The Morgan fingerprint density at radius 1 is 1.48 bits per heavy atom. The lowest BCUT2D eigenvalue weighted by molar-refractivity contribution is -0.138. The quantitative estimate of drug-likeness (QED) is 0.289. The number of halogens is 1. The summed E-state index contributed by atoms with van der Waals surface area (Å²) in [6.07, 6.45) is 1.48. The molecule has 0 unspecified atom stereocenters. The van der Waals surface area contributed by atoms with E-state index in [1.807, 2.05) is 6.07 Å². The van der Waals surface area contributed by atoms with Gasteiger partial charge in [0, 0.05) is 6.20 Å². The van der Waals surface area contributed by atoms with Gasteiger partial charge in [-0.3, -0.25) is 9.20 Å². The van der Waals surface area contributed by atoms with Crippen LogP contribution in [0.4, 0.5) is 5.69 Å². The minimum atomic E-state index is -0.925. The molecule has 2 rings (SSSR count). The number of hydrogen-bond acceptors (Lipinski definition) is 7. The highest BCUT2D eigenvalue weighted by atomic mass is 35.5. The number of aromatic nitrogens is 1. The first-order chi connectivity index (χ1) is 12.0. The third kappa shape index (κ3) is 3.84. The average molecular weight is 361 g/mol. The number of nitrogens with zero attached hydrogens (tertiary/aromatic N) is 4. The van der Waals surface area contributed by atoms with Gasteiger partial charge in [0.25, 0.3) is 5.56 Å². The Balaban J connectivity index is 2.57. The summed E-state index contributed by atoms with van der Waals surface area (Å²) < 4.78 is 5.99. The van der Waals surface area contributed by atoms with Crippen molar-refractivity contribution in [3.05, 3.63) is 57.8 Å². The van der Waals surface area contributed by atoms with Gasteiger partial charge in [-0.15, -0.1) is 21.8 Å². The molecule has 0 bridgehead atoms. The first kappa shape index (κ1) is 18.2. The highest BCUT2D eigenvalue weighted by Crippen LogP contribution is 2.17. The number of aliphatic hydroxyl groups excluding tert-OH is 1. The van der Waals surface area contributed by atoms with Gasteiger partial charge in [0.1, 0.15) is 11.8 Å². The molecular weight excluding hydrogens is 348 g/mol. The Hall–Kier alpha value is -3.18. The van der Waals surface area contributed by atoms with Crippen molar-refractivity contribution in [3.8, 4) is 6.07 Å². The second kappa shape index (κ2) is 8.08. The van der Waals surface area contributed by atoms with Gasteiger partial charge < -0.3 is 9.84 Å². The maximum Gasteiger partial charge on any atom is 0.362 e. The van der Waals surface area contributed by atoms with Crippen LogP contribution >= 0.6 is 11.6 Å². The molecule has 0 radical (unpaired) electrons. The molecule has 0 amide bonds. The number of ether oxygens (including phenoxy) is 1. The van der Waals surface area contributed by atoms with Crippen molar-refractivity contribution in [2.45, 2.75) is 6.92 Å². The zero-order chi connectivity index (χ0) is 18.4. The van der Waals surface area contributed by atoms with Gasteiger partial charge in [0.05, 0.1) is 23.6 Å². The molecule has 0 saturated heterocycles. The minimum Gasteiger partial charge on any atom is -0.508 e. The topological polar surface area (TPSA) is 117 Å². The molecule has 0 fully saturated rings. The van der Waals surface area contributed by atoms with E-state index < -0.39 is 23.0 Å². The third-order valence-electron chi connectivity index (χ3n) is 3.10. The Kier molecular flexibility index (Phi) is 5.87. The Morgan fingerprint density at radius 3 is 2.88 bits per heavy atom. The first-order valence-electron chi connectivity index (χ1n) is 7.14. The fraction of sp³-hybridized carbons (Fsp3) is 0.188. The summed E-state index contributed by atoms with van der Waals surface area (Å²) in [6.45, 7) is 1.64. The van der Waals surface area contributed by atoms with Gasteiger partial charge in [0.2, 0.25) is 5.70 Å². The smallest absolute Gasteiger partial charge is 0.362 e. The van der Waals surface area contributed by atoms with Crippen molar-refractivity contribution in [1.29, 1.82) is 5.26 Å². The molecule has 1 N–H and O–H groups in total. The molecule has 2 heterocycles. The summed E-state index contributed by atoms with van der Waals surface area (Å²) in [7, 11) is 0. The predicted molar refractivity (Wildman–Crippen MR) is 89.9 cm³/mol. The van der Waals surface area contributed by atoms with Gasteiger partial charge in [0.15, 0.2) is 5.69 Å². The summed E-state index contributed by atoms with van der Waals surface area (Å²) in [5.41, 5.74) is -0.597. The number of esters is 1.